The largest absolute Gasteiger partial charge is 0.345 e. The van der Waals surface area contributed by atoms with Crippen molar-refractivity contribution in [1.82, 2.24) is 0 Å². The van der Waals surface area contributed by atoms with Crippen molar-refractivity contribution >= 4 is 23.2 Å². The lowest BCUT2D eigenvalue weighted by atomic mass is 10.3. The van der Waals surface area contributed by atoms with E-state index in [1.807, 2.05) is 6.92 Å². The van der Waals surface area contributed by atoms with Gasteiger partial charge in [-0.15, -0.1) is 0 Å². The third-order valence-corrected chi connectivity index (χ3v) is 2.60. The summed E-state index contributed by atoms with van der Waals surface area (Å²) in [6, 6.07) is 0. The molecule has 0 aromatic carbocycles. The van der Waals surface area contributed by atoms with Gasteiger partial charge in [0.1, 0.15) is 0 Å². The van der Waals surface area contributed by atoms with Crippen LogP contribution in [0, 0.1) is 0 Å². The number of halogens is 2. The fraction of sp³-hybridized carbons (Fsp3) is 1.00. The molecule has 0 radical (unpaired) electrons. The molecule has 1 saturated heterocycles. The SMILES string of the molecule is CCC1COC(C)(C(Cl)Cl)O1. The monoisotopic (exact) mass is 198 g/mol. The summed E-state index contributed by atoms with van der Waals surface area (Å²) >= 11 is 11.3. The molecular formula is C7H12Cl2O2. The van der Waals surface area contributed by atoms with E-state index in [-0.39, 0.29) is 6.10 Å². The minimum absolute atomic E-state index is 0.139. The molecule has 1 heterocycles. The summed E-state index contributed by atoms with van der Waals surface area (Å²) in [6.45, 7) is 4.38. The van der Waals surface area contributed by atoms with E-state index in [0.29, 0.717) is 6.61 Å². The molecule has 1 aliphatic rings. The van der Waals surface area contributed by atoms with Crippen LogP contribution in [0.5, 0.6) is 0 Å². The molecule has 11 heavy (non-hydrogen) atoms. The fourth-order valence-corrected chi connectivity index (χ4v) is 1.20. The van der Waals surface area contributed by atoms with Crippen LogP contribution in [0.15, 0.2) is 0 Å². The third kappa shape index (κ3) is 2.00. The van der Waals surface area contributed by atoms with E-state index in [0.717, 1.165) is 6.42 Å². The second kappa shape index (κ2) is 3.48. The van der Waals surface area contributed by atoms with Crippen LogP contribution in [0.2, 0.25) is 0 Å². The van der Waals surface area contributed by atoms with E-state index < -0.39 is 10.6 Å². The molecule has 0 N–H and O–H groups in total. The highest BCUT2D eigenvalue weighted by Gasteiger charge is 2.41. The van der Waals surface area contributed by atoms with E-state index in [4.69, 9.17) is 32.7 Å². The Morgan fingerprint density at radius 2 is 2.27 bits per heavy atom. The van der Waals surface area contributed by atoms with Crippen molar-refractivity contribution < 1.29 is 9.47 Å². The summed E-state index contributed by atoms with van der Waals surface area (Å²) in [5.41, 5.74) is 0. The van der Waals surface area contributed by atoms with Gasteiger partial charge < -0.3 is 9.47 Å². The summed E-state index contributed by atoms with van der Waals surface area (Å²) in [4.78, 5) is -0.626. The second-order valence-corrected chi connectivity index (χ2v) is 3.87. The predicted octanol–water partition coefficient (Wildman–Crippen LogP) is 2.33. The maximum atomic E-state index is 5.66. The van der Waals surface area contributed by atoms with Crippen LogP contribution in [0.25, 0.3) is 0 Å². The molecule has 2 atom stereocenters. The van der Waals surface area contributed by atoms with E-state index in [9.17, 15) is 0 Å². The molecule has 0 amide bonds. The van der Waals surface area contributed by atoms with Crippen LogP contribution in [0.4, 0.5) is 0 Å². The van der Waals surface area contributed by atoms with E-state index >= 15 is 0 Å². The molecule has 1 aliphatic heterocycles. The van der Waals surface area contributed by atoms with Crippen LogP contribution >= 0.6 is 23.2 Å². The first kappa shape index (κ1) is 9.59. The minimum Gasteiger partial charge on any atom is -0.345 e. The Labute approximate surface area is 76.8 Å². The Morgan fingerprint density at radius 3 is 2.55 bits per heavy atom. The van der Waals surface area contributed by atoms with Gasteiger partial charge in [0.25, 0.3) is 0 Å². The van der Waals surface area contributed by atoms with Crippen molar-refractivity contribution in [2.45, 2.75) is 37.0 Å². The minimum atomic E-state index is -0.802. The highest BCUT2D eigenvalue weighted by molar-refractivity contribution is 6.45. The molecule has 1 fully saturated rings. The van der Waals surface area contributed by atoms with Crippen molar-refractivity contribution in [3.8, 4) is 0 Å². The molecule has 0 aromatic rings. The van der Waals surface area contributed by atoms with Crippen molar-refractivity contribution in [2.24, 2.45) is 0 Å². The summed E-state index contributed by atoms with van der Waals surface area (Å²) in [7, 11) is 0. The Bertz CT molecular complexity index is 140. The molecule has 1 rings (SSSR count). The van der Waals surface area contributed by atoms with Gasteiger partial charge in [-0.3, -0.25) is 0 Å². The molecule has 0 saturated carbocycles. The van der Waals surface area contributed by atoms with Crippen LogP contribution in [-0.4, -0.2) is 23.3 Å². The zero-order valence-electron chi connectivity index (χ0n) is 6.64. The molecule has 0 aliphatic carbocycles. The molecular weight excluding hydrogens is 187 g/mol. The second-order valence-electron chi connectivity index (χ2n) is 2.78. The highest BCUT2D eigenvalue weighted by Crippen LogP contribution is 2.32. The number of alkyl halides is 2. The third-order valence-electron chi connectivity index (χ3n) is 1.81. The Kier molecular flexibility index (Phi) is 3.03. The van der Waals surface area contributed by atoms with Gasteiger partial charge in [0.05, 0.1) is 12.7 Å². The van der Waals surface area contributed by atoms with Crippen molar-refractivity contribution in [1.29, 1.82) is 0 Å². The van der Waals surface area contributed by atoms with Crippen LogP contribution < -0.4 is 0 Å². The predicted molar refractivity (Wildman–Crippen MR) is 45.0 cm³/mol. The molecule has 2 nitrogen and oxygen atoms in total. The summed E-state index contributed by atoms with van der Waals surface area (Å²) < 4.78 is 10.8. The summed E-state index contributed by atoms with van der Waals surface area (Å²) in [5, 5.41) is 0. The lowest BCUT2D eigenvalue weighted by Crippen LogP contribution is -2.34. The first-order chi connectivity index (χ1) is 5.08. The molecule has 2 unspecified atom stereocenters. The number of rotatable bonds is 2. The van der Waals surface area contributed by atoms with Crippen molar-refractivity contribution in [3.05, 3.63) is 0 Å². The van der Waals surface area contributed by atoms with Gasteiger partial charge in [-0.05, 0) is 13.3 Å². The molecule has 0 spiro atoms. The quantitative estimate of drug-likeness (QED) is 0.635. The standard InChI is InChI=1S/C7H12Cl2O2/c1-3-5-4-10-7(2,11-5)6(8)9/h5-6H,3-4H2,1-2H3. The average Bonchev–Trinajstić information content (AvgIpc) is 2.33. The van der Waals surface area contributed by atoms with E-state index in [1.54, 1.807) is 6.92 Å². The highest BCUT2D eigenvalue weighted by atomic mass is 35.5. The van der Waals surface area contributed by atoms with Crippen molar-refractivity contribution in [2.75, 3.05) is 6.61 Å². The molecule has 0 aromatic heterocycles. The van der Waals surface area contributed by atoms with Crippen LogP contribution in [-0.2, 0) is 9.47 Å². The first-order valence-corrected chi connectivity index (χ1v) is 4.55. The first-order valence-electron chi connectivity index (χ1n) is 3.68. The van der Waals surface area contributed by atoms with Gasteiger partial charge >= 0.3 is 0 Å². The lowest BCUT2D eigenvalue weighted by molar-refractivity contribution is -0.142. The normalized spacial score (nSPS) is 38.5. The lowest BCUT2D eigenvalue weighted by Gasteiger charge is -2.23. The van der Waals surface area contributed by atoms with E-state index in [1.165, 1.54) is 0 Å². The Balaban J connectivity index is 2.50. The number of hydrogen-bond donors (Lipinski definition) is 0. The summed E-state index contributed by atoms with van der Waals surface area (Å²) in [5.74, 6) is -0.802. The van der Waals surface area contributed by atoms with Gasteiger partial charge in [-0.25, -0.2) is 0 Å². The Hall–Kier alpha value is 0.500. The maximum absolute atomic E-state index is 5.66. The van der Waals surface area contributed by atoms with Gasteiger partial charge in [0.2, 0.25) is 0 Å². The Morgan fingerprint density at radius 1 is 1.64 bits per heavy atom. The maximum Gasteiger partial charge on any atom is 0.196 e. The zero-order valence-corrected chi connectivity index (χ0v) is 8.15. The van der Waals surface area contributed by atoms with Crippen molar-refractivity contribution in [3.63, 3.8) is 0 Å². The van der Waals surface area contributed by atoms with Gasteiger partial charge in [-0.2, -0.15) is 0 Å². The molecule has 0 bridgehead atoms. The molecule has 66 valence electrons. The zero-order chi connectivity index (χ0) is 8.48. The van der Waals surface area contributed by atoms with Crippen LogP contribution in [0.3, 0.4) is 0 Å². The van der Waals surface area contributed by atoms with Gasteiger partial charge in [0.15, 0.2) is 10.6 Å². The smallest absolute Gasteiger partial charge is 0.196 e. The van der Waals surface area contributed by atoms with Gasteiger partial charge in [-0.1, -0.05) is 30.1 Å². The molecule has 4 heteroatoms. The average molecular weight is 199 g/mol. The topological polar surface area (TPSA) is 18.5 Å². The number of ether oxygens (including phenoxy) is 2. The van der Waals surface area contributed by atoms with Crippen LogP contribution in [0.1, 0.15) is 20.3 Å². The number of hydrogen-bond acceptors (Lipinski definition) is 2. The summed E-state index contributed by atoms with van der Waals surface area (Å²) in [6.07, 6.45) is 1.07. The fourth-order valence-electron chi connectivity index (χ4n) is 0.973. The van der Waals surface area contributed by atoms with E-state index in [2.05, 4.69) is 0 Å². The van der Waals surface area contributed by atoms with Gasteiger partial charge in [0, 0.05) is 0 Å².